The molecule has 0 spiro atoms. The van der Waals surface area contributed by atoms with Crippen molar-refractivity contribution in [1.29, 1.82) is 0 Å². The van der Waals surface area contributed by atoms with Crippen LogP contribution in [0.25, 0.3) is 0 Å². The fraction of sp³-hybridized carbons (Fsp3) is 0.571. The summed E-state index contributed by atoms with van der Waals surface area (Å²) in [4.78, 5) is 15.7. The number of hydrogen-bond donors (Lipinski definition) is 1. The Morgan fingerprint density at radius 1 is 1.56 bits per heavy atom. The first kappa shape index (κ1) is 12.9. The van der Waals surface area contributed by atoms with Gasteiger partial charge >= 0.3 is 5.97 Å². The Hall–Kier alpha value is -1.58. The Balaban J connectivity index is 2.45. The van der Waals surface area contributed by atoms with Gasteiger partial charge in [0, 0.05) is 11.8 Å². The summed E-state index contributed by atoms with van der Waals surface area (Å²) in [5.74, 6) is -0.298. The lowest BCUT2D eigenvalue weighted by molar-refractivity contribution is -0.140. The highest BCUT2D eigenvalue weighted by Gasteiger charge is 2.54. The van der Waals surface area contributed by atoms with Gasteiger partial charge in [0.2, 0.25) is 5.88 Å². The lowest BCUT2D eigenvalue weighted by Gasteiger charge is -2.18. The van der Waals surface area contributed by atoms with Crippen LogP contribution < -0.4 is 4.74 Å². The summed E-state index contributed by atoms with van der Waals surface area (Å²) in [6.07, 6.45) is 3.95. The van der Waals surface area contributed by atoms with E-state index in [1.807, 2.05) is 26.8 Å². The van der Waals surface area contributed by atoms with Crippen LogP contribution >= 0.6 is 0 Å². The molecule has 0 bridgehead atoms. The minimum absolute atomic E-state index is 0.00618. The Bertz CT molecular complexity index is 464. The number of aromatic nitrogens is 1. The number of rotatable bonds is 5. The Kier molecular flexibility index (Phi) is 3.28. The number of nitrogens with zero attached hydrogens (tertiary/aromatic N) is 1. The van der Waals surface area contributed by atoms with E-state index in [9.17, 15) is 9.90 Å². The van der Waals surface area contributed by atoms with Crippen LogP contribution in [-0.2, 0) is 16.6 Å². The van der Waals surface area contributed by atoms with Gasteiger partial charge in [-0.05, 0) is 44.7 Å². The Morgan fingerprint density at radius 3 is 2.67 bits per heavy atom. The molecule has 98 valence electrons. The van der Waals surface area contributed by atoms with Crippen LogP contribution in [0.5, 0.6) is 5.88 Å². The molecule has 2 rings (SSSR count). The molecule has 0 amide bonds. The van der Waals surface area contributed by atoms with E-state index in [0.717, 1.165) is 17.5 Å². The van der Waals surface area contributed by atoms with Crippen LogP contribution in [0.3, 0.4) is 0 Å². The number of ether oxygens (including phenoxy) is 1. The normalized spacial score (nSPS) is 16.7. The van der Waals surface area contributed by atoms with Crippen molar-refractivity contribution in [1.82, 2.24) is 4.98 Å². The summed E-state index contributed by atoms with van der Waals surface area (Å²) in [5, 5.41) is 9.40. The van der Waals surface area contributed by atoms with E-state index in [1.54, 1.807) is 6.20 Å². The summed E-state index contributed by atoms with van der Waals surface area (Å²) >= 11 is 0. The molecule has 1 aromatic rings. The molecule has 0 unspecified atom stereocenters. The zero-order valence-electron chi connectivity index (χ0n) is 11.1. The van der Waals surface area contributed by atoms with E-state index in [4.69, 9.17) is 4.74 Å². The van der Waals surface area contributed by atoms with Crippen LogP contribution in [0.15, 0.2) is 12.3 Å². The molecule has 1 saturated carbocycles. The third-order valence-corrected chi connectivity index (χ3v) is 3.34. The maximum atomic E-state index is 11.4. The molecule has 0 radical (unpaired) electrons. The maximum Gasteiger partial charge on any atom is 0.314 e. The second kappa shape index (κ2) is 4.59. The molecule has 0 saturated heterocycles. The fourth-order valence-electron chi connectivity index (χ4n) is 2.07. The predicted molar refractivity (Wildman–Crippen MR) is 67.9 cm³/mol. The van der Waals surface area contributed by atoms with Crippen molar-refractivity contribution in [2.45, 2.75) is 51.6 Å². The van der Waals surface area contributed by atoms with E-state index in [-0.39, 0.29) is 6.10 Å². The van der Waals surface area contributed by atoms with Gasteiger partial charge in [-0.2, -0.15) is 0 Å². The van der Waals surface area contributed by atoms with Crippen molar-refractivity contribution >= 4 is 5.97 Å². The molecule has 4 heteroatoms. The summed E-state index contributed by atoms with van der Waals surface area (Å²) in [7, 11) is 0. The van der Waals surface area contributed by atoms with E-state index in [0.29, 0.717) is 18.7 Å². The minimum atomic E-state index is -0.772. The van der Waals surface area contributed by atoms with Gasteiger partial charge < -0.3 is 9.84 Å². The van der Waals surface area contributed by atoms with Crippen LogP contribution in [0.1, 0.15) is 44.7 Å². The monoisotopic (exact) mass is 249 g/mol. The molecular weight excluding hydrogens is 230 g/mol. The van der Waals surface area contributed by atoms with Gasteiger partial charge in [-0.15, -0.1) is 0 Å². The molecule has 1 aliphatic carbocycles. The zero-order valence-corrected chi connectivity index (χ0v) is 11.1. The molecule has 4 nitrogen and oxygen atoms in total. The average molecular weight is 249 g/mol. The fourth-order valence-corrected chi connectivity index (χ4v) is 2.07. The molecular formula is C14H19NO3. The molecule has 1 aliphatic rings. The van der Waals surface area contributed by atoms with Crippen molar-refractivity contribution in [3.05, 3.63) is 23.4 Å². The van der Waals surface area contributed by atoms with Crippen molar-refractivity contribution in [3.63, 3.8) is 0 Å². The molecule has 18 heavy (non-hydrogen) atoms. The Labute approximate surface area is 107 Å². The largest absolute Gasteiger partial charge is 0.481 e. The van der Waals surface area contributed by atoms with Crippen molar-refractivity contribution in [3.8, 4) is 5.88 Å². The highest BCUT2D eigenvalue weighted by molar-refractivity contribution is 5.85. The lowest BCUT2D eigenvalue weighted by atomic mass is 9.95. The third-order valence-electron chi connectivity index (χ3n) is 3.34. The zero-order chi connectivity index (χ0) is 13.3. The minimum Gasteiger partial charge on any atom is -0.481 e. The average Bonchev–Trinajstić information content (AvgIpc) is 3.10. The molecule has 1 heterocycles. The number of aliphatic carboxylic acids is 1. The standard InChI is InChI=1S/C14H19NO3/c1-4-10-7-11(14(5-6-14)13(16)17)12(15-8-10)18-9(2)3/h7-9H,4-6H2,1-3H3,(H,16,17). The number of carbonyl (C=O) groups is 1. The van der Waals surface area contributed by atoms with Crippen LogP contribution in [0.4, 0.5) is 0 Å². The highest BCUT2D eigenvalue weighted by Crippen LogP contribution is 2.51. The number of pyridine rings is 1. The third kappa shape index (κ3) is 2.19. The summed E-state index contributed by atoms with van der Waals surface area (Å²) in [5.41, 5.74) is 1.03. The van der Waals surface area contributed by atoms with Crippen molar-refractivity contribution in [2.75, 3.05) is 0 Å². The first-order valence-corrected chi connectivity index (χ1v) is 6.39. The van der Waals surface area contributed by atoms with Crippen molar-refractivity contribution in [2.24, 2.45) is 0 Å². The van der Waals surface area contributed by atoms with Gasteiger partial charge in [0.1, 0.15) is 0 Å². The van der Waals surface area contributed by atoms with Gasteiger partial charge in [0.05, 0.1) is 11.5 Å². The number of carboxylic acids is 1. The first-order valence-electron chi connectivity index (χ1n) is 6.39. The summed E-state index contributed by atoms with van der Waals surface area (Å²) in [6.45, 7) is 5.86. The quantitative estimate of drug-likeness (QED) is 0.871. The van der Waals surface area contributed by atoms with Gasteiger partial charge in [-0.25, -0.2) is 4.98 Å². The molecule has 0 atom stereocenters. The van der Waals surface area contributed by atoms with E-state index >= 15 is 0 Å². The maximum absolute atomic E-state index is 11.4. The SMILES string of the molecule is CCc1cnc(OC(C)C)c(C2(C(=O)O)CC2)c1. The smallest absolute Gasteiger partial charge is 0.314 e. The molecule has 1 aromatic heterocycles. The summed E-state index contributed by atoms with van der Waals surface area (Å²) in [6, 6.07) is 1.94. The lowest BCUT2D eigenvalue weighted by Crippen LogP contribution is -2.22. The van der Waals surface area contributed by atoms with E-state index in [1.165, 1.54) is 0 Å². The molecule has 1 fully saturated rings. The second-order valence-corrected chi connectivity index (χ2v) is 5.10. The predicted octanol–water partition coefficient (Wildman–Crippen LogP) is 2.55. The van der Waals surface area contributed by atoms with Crippen LogP contribution in [0, 0.1) is 0 Å². The molecule has 0 aromatic carbocycles. The van der Waals surface area contributed by atoms with Gasteiger partial charge in [0.25, 0.3) is 0 Å². The van der Waals surface area contributed by atoms with E-state index in [2.05, 4.69) is 4.98 Å². The van der Waals surface area contributed by atoms with Crippen molar-refractivity contribution < 1.29 is 14.6 Å². The number of aryl methyl sites for hydroxylation is 1. The topological polar surface area (TPSA) is 59.4 Å². The van der Waals surface area contributed by atoms with Gasteiger partial charge in [-0.3, -0.25) is 4.79 Å². The molecule has 1 N–H and O–H groups in total. The second-order valence-electron chi connectivity index (χ2n) is 5.10. The van der Waals surface area contributed by atoms with Crippen LogP contribution in [0.2, 0.25) is 0 Å². The van der Waals surface area contributed by atoms with Crippen LogP contribution in [-0.4, -0.2) is 22.2 Å². The number of hydrogen-bond acceptors (Lipinski definition) is 3. The van der Waals surface area contributed by atoms with Gasteiger partial charge in [-0.1, -0.05) is 6.92 Å². The van der Waals surface area contributed by atoms with Gasteiger partial charge in [0.15, 0.2) is 0 Å². The molecule has 0 aliphatic heterocycles. The Morgan fingerprint density at radius 2 is 2.22 bits per heavy atom. The van der Waals surface area contributed by atoms with E-state index < -0.39 is 11.4 Å². The first-order chi connectivity index (χ1) is 8.49. The highest BCUT2D eigenvalue weighted by atomic mass is 16.5. The number of carboxylic acid groups (broad SMARTS) is 1. The summed E-state index contributed by atoms with van der Waals surface area (Å²) < 4.78 is 5.65.